The van der Waals surface area contributed by atoms with Gasteiger partial charge in [0.1, 0.15) is 0 Å². The first-order valence-electron chi connectivity index (χ1n) is 7.83. The SMILES string of the molecule is CC1=Cc2c(C(C)C)cc(C(C)C)cc2[CH]1[Zr+2]1[CH2]C[O]1.[Cl-].[Cl-]. The summed E-state index contributed by atoms with van der Waals surface area (Å²) in [5, 5.41) is 0. The molecule has 0 aromatic heterocycles. The van der Waals surface area contributed by atoms with E-state index < -0.39 is 22.2 Å². The number of rotatable bonds is 3. The molecule has 0 radical (unpaired) electrons. The molecule has 0 bridgehead atoms. The molecular weight excluding hydrogens is 394 g/mol. The van der Waals surface area contributed by atoms with Gasteiger partial charge in [0.15, 0.2) is 0 Å². The van der Waals surface area contributed by atoms with Crippen LogP contribution in [0.25, 0.3) is 6.08 Å². The third-order valence-corrected chi connectivity index (χ3v) is 11.2. The Labute approximate surface area is 156 Å². The smallest absolute Gasteiger partial charge is 1.00 e. The molecule has 1 aliphatic carbocycles. The molecule has 1 fully saturated rings. The van der Waals surface area contributed by atoms with Gasteiger partial charge in [-0.1, -0.05) is 0 Å². The van der Waals surface area contributed by atoms with Crippen LogP contribution >= 0.6 is 0 Å². The Morgan fingerprint density at radius 3 is 2.18 bits per heavy atom. The van der Waals surface area contributed by atoms with Gasteiger partial charge in [0, 0.05) is 0 Å². The Morgan fingerprint density at radius 2 is 1.73 bits per heavy atom. The first-order valence-corrected chi connectivity index (χ1v) is 12.0. The third-order valence-electron chi connectivity index (χ3n) is 4.65. The van der Waals surface area contributed by atoms with Crippen LogP contribution in [0.5, 0.6) is 0 Å². The van der Waals surface area contributed by atoms with Gasteiger partial charge in [0.05, 0.1) is 0 Å². The van der Waals surface area contributed by atoms with Gasteiger partial charge in [0.25, 0.3) is 0 Å². The first-order chi connectivity index (χ1) is 9.49. The molecule has 0 amide bonds. The van der Waals surface area contributed by atoms with Gasteiger partial charge < -0.3 is 24.8 Å². The minimum Gasteiger partial charge on any atom is -1.00 e. The summed E-state index contributed by atoms with van der Waals surface area (Å²) < 4.78 is 8.09. The van der Waals surface area contributed by atoms with Crippen molar-refractivity contribution in [3.63, 3.8) is 0 Å². The van der Waals surface area contributed by atoms with Gasteiger partial charge in [-0.05, 0) is 0 Å². The van der Waals surface area contributed by atoms with Crippen LogP contribution in [0.2, 0.25) is 4.13 Å². The number of hydrogen-bond acceptors (Lipinski definition) is 1. The van der Waals surface area contributed by atoms with Crippen molar-refractivity contribution in [1.82, 2.24) is 0 Å². The van der Waals surface area contributed by atoms with E-state index in [0.29, 0.717) is 15.5 Å². The van der Waals surface area contributed by atoms with Gasteiger partial charge in [-0.25, -0.2) is 0 Å². The summed E-state index contributed by atoms with van der Waals surface area (Å²) in [6.07, 6.45) is 2.45. The van der Waals surface area contributed by atoms with Crippen molar-refractivity contribution in [2.75, 3.05) is 6.61 Å². The molecule has 1 unspecified atom stereocenters. The molecule has 1 atom stereocenters. The maximum absolute atomic E-state index is 6.00. The Morgan fingerprint density at radius 1 is 1.09 bits per heavy atom. The minimum absolute atomic E-state index is 0. The molecule has 0 spiro atoms. The molecule has 1 saturated heterocycles. The average molecular weight is 420 g/mol. The van der Waals surface area contributed by atoms with Gasteiger partial charge >= 0.3 is 132 Å². The quantitative estimate of drug-likeness (QED) is 0.635. The molecule has 0 saturated carbocycles. The van der Waals surface area contributed by atoms with Crippen LogP contribution in [0.4, 0.5) is 0 Å². The summed E-state index contributed by atoms with van der Waals surface area (Å²) >= 11 is -1.62. The number of halogens is 2. The summed E-state index contributed by atoms with van der Waals surface area (Å²) in [7, 11) is 0. The zero-order chi connectivity index (χ0) is 14.4. The van der Waals surface area contributed by atoms with Crippen molar-refractivity contribution in [2.24, 2.45) is 0 Å². The van der Waals surface area contributed by atoms with Crippen molar-refractivity contribution < 1.29 is 49.8 Å². The molecule has 1 nitrogen and oxygen atoms in total. The van der Waals surface area contributed by atoms with E-state index in [4.69, 9.17) is 2.81 Å². The van der Waals surface area contributed by atoms with Crippen LogP contribution in [0, 0.1) is 0 Å². The second-order valence-electron chi connectivity index (χ2n) is 6.81. The Bertz CT molecular complexity index is 562. The molecule has 1 aromatic rings. The molecule has 1 aromatic carbocycles. The van der Waals surface area contributed by atoms with Crippen LogP contribution in [-0.2, 0) is 25.0 Å². The Kier molecular flexibility index (Phi) is 7.40. The summed E-state index contributed by atoms with van der Waals surface area (Å²) in [6.45, 7) is 12.6. The summed E-state index contributed by atoms with van der Waals surface area (Å²) in [5.74, 6) is 1.21. The monoisotopic (exact) mass is 417 g/mol. The molecule has 22 heavy (non-hydrogen) atoms. The van der Waals surface area contributed by atoms with Crippen LogP contribution in [-0.4, -0.2) is 6.61 Å². The normalized spacial score (nSPS) is 19.3. The fourth-order valence-corrected chi connectivity index (χ4v) is 8.46. The number of benzene rings is 1. The molecule has 1 heterocycles. The number of hydrogen-bond donors (Lipinski definition) is 0. The van der Waals surface area contributed by atoms with E-state index in [1.54, 1.807) is 11.1 Å². The van der Waals surface area contributed by atoms with Crippen molar-refractivity contribution in [3.8, 4) is 0 Å². The fraction of sp³-hybridized carbons (Fsp3) is 0.556. The average Bonchev–Trinajstić information content (AvgIpc) is 2.63. The van der Waals surface area contributed by atoms with E-state index in [0.717, 1.165) is 6.61 Å². The second kappa shape index (κ2) is 7.97. The van der Waals surface area contributed by atoms with E-state index in [1.165, 1.54) is 20.8 Å². The van der Waals surface area contributed by atoms with Crippen LogP contribution in [0.1, 0.15) is 72.3 Å². The molecule has 1 aliphatic heterocycles. The Balaban J connectivity index is 0.00000121. The zero-order valence-electron chi connectivity index (χ0n) is 14.0. The van der Waals surface area contributed by atoms with Crippen molar-refractivity contribution in [3.05, 3.63) is 40.0 Å². The minimum atomic E-state index is -1.62. The Hall–Kier alpha value is 0.383. The van der Waals surface area contributed by atoms with Crippen LogP contribution in [0.15, 0.2) is 17.7 Å². The number of fused-ring (bicyclic) bond motifs is 1. The summed E-state index contributed by atoms with van der Waals surface area (Å²) in [4.78, 5) is 0. The van der Waals surface area contributed by atoms with Gasteiger partial charge in [-0.15, -0.1) is 0 Å². The first kappa shape index (κ1) is 20.4. The molecule has 121 valence electrons. The van der Waals surface area contributed by atoms with Crippen molar-refractivity contribution in [2.45, 2.75) is 54.2 Å². The van der Waals surface area contributed by atoms with E-state index >= 15 is 0 Å². The second-order valence-corrected chi connectivity index (χ2v) is 12.5. The standard InChI is InChI=1S/C16H21.C2H4O.2ClH.Zr/c1-10(2)13-8-14-6-12(5)7-16(14)15(9-13)11(3)4;1-2-3;;;/h6-11H,1-5H3;1-2H2;2*1H;/q;-1;;;+3/p-2. The predicted octanol–water partition coefficient (Wildman–Crippen LogP) is -0.619. The molecule has 2 aliphatic rings. The van der Waals surface area contributed by atoms with E-state index in [9.17, 15) is 0 Å². The van der Waals surface area contributed by atoms with Gasteiger partial charge in [-0.2, -0.15) is 0 Å². The largest absolute Gasteiger partial charge is 1.00 e. The van der Waals surface area contributed by atoms with Gasteiger partial charge in [-0.3, -0.25) is 0 Å². The topological polar surface area (TPSA) is 9.23 Å². The third kappa shape index (κ3) is 3.56. The number of allylic oxidation sites excluding steroid dienone is 1. The summed E-state index contributed by atoms with van der Waals surface area (Å²) in [6, 6.07) is 4.93. The summed E-state index contributed by atoms with van der Waals surface area (Å²) in [5.41, 5.74) is 7.74. The van der Waals surface area contributed by atoms with Gasteiger partial charge in [0.2, 0.25) is 0 Å². The maximum atomic E-state index is 6.00. The molecular formula is C18H25Cl2OZr. The fourth-order valence-electron chi connectivity index (χ4n) is 3.37. The van der Waals surface area contributed by atoms with E-state index in [1.807, 2.05) is 0 Å². The van der Waals surface area contributed by atoms with Crippen molar-refractivity contribution in [1.29, 1.82) is 0 Å². The predicted molar refractivity (Wildman–Crippen MR) is 81.8 cm³/mol. The van der Waals surface area contributed by atoms with E-state index in [-0.39, 0.29) is 24.8 Å². The van der Waals surface area contributed by atoms with Crippen molar-refractivity contribution >= 4 is 6.08 Å². The molecule has 4 heteroatoms. The van der Waals surface area contributed by atoms with Crippen LogP contribution < -0.4 is 24.8 Å². The molecule has 3 rings (SSSR count). The van der Waals surface area contributed by atoms with E-state index in [2.05, 4.69) is 52.8 Å². The van der Waals surface area contributed by atoms with Crippen LogP contribution in [0.3, 0.4) is 0 Å². The molecule has 0 N–H and O–H groups in total. The maximum Gasteiger partial charge on any atom is -1.00 e. The zero-order valence-corrected chi connectivity index (χ0v) is 18.0.